The van der Waals surface area contributed by atoms with Gasteiger partial charge in [-0.3, -0.25) is 0 Å². The van der Waals surface area contributed by atoms with Crippen LogP contribution in [0.1, 0.15) is 11.1 Å². The molecular formula is C18H13Cl2NO4. The molecule has 0 saturated carbocycles. The Morgan fingerprint density at radius 2 is 1.80 bits per heavy atom. The Labute approximate surface area is 154 Å². The number of ether oxygens (including phenoxy) is 2. The Morgan fingerprint density at radius 3 is 2.48 bits per heavy atom. The molecule has 5 nitrogen and oxygen atoms in total. The molecule has 3 rings (SSSR count). The summed E-state index contributed by atoms with van der Waals surface area (Å²) in [7, 11) is 3.08. The molecule has 1 aliphatic rings. The van der Waals surface area contributed by atoms with Crippen LogP contribution < -0.4 is 9.47 Å². The van der Waals surface area contributed by atoms with Crippen molar-refractivity contribution in [2.45, 2.75) is 0 Å². The lowest BCUT2D eigenvalue weighted by atomic mass is 10.00. The van der Waals surface area contributed by atoms with Crippen LogP contribution in [0.15, 0.2) is 47.1 Å². The SMILES string of the molecule is COc1ccc(C2=NOC(=O)/C2=C/c2ccc(Cl)cc2Cl)cc1OC. The molecule has 7 heteroatoms. The number of carbonyl (C=O) groups is 1. The largest absolute Gasteiger partial charge is 0.493 e. The van der Waals surface area contributed by atoms with Crippen LogP contribution in [0.5, 0.6) is 11.5 Å². The maximum Gasteiger partial charge on any atom is 0.368 e. The molecule has 1 aliphatic heterocycles. The molecule has 1 heterocycles. The van der Waals surface area contributed by atoms with Crippen molar-refractivity contribution in [2.24, 2.45) is 5.16 Å². The third kappa shape index (κ3) is 3.48. The third-order valence-corrected chi connectivity index (χ3v) is 4.18. The van der Waals surface area contributed by atoms with Crippen molar-refractivity contribution < 1.29 is 19.1 Å². The maximum absolute atomic E-state index is 12.1. The van der Waals surface area contributed by atoms with Crippen molar-refractivity contribution in [3.63, 3.8) is 0 Å². The van der Waals surface area contributed by atoms with Gasteiger partial charge in [0.25, 0.3) is 0 Å². The van der Waals surface area contributed by atoms with Gasteiger partial charge in [-0.1, -0.05) is 34.4 Å². The van der Waals surface area contributed by atoms with Crippen LogP contribution in [0, 0.1) is 0 Å². The lowest BCUT2D eigenvalue weighted by Gasteiger charge is -2.09. The molecule has 0 aliphatic carbocycles. The number of hydrogen-bond acceptors (Lipinski definition) is 5. The summed E-state index contributed by atoms with van der Waals surface area (Å²) in [5, 5.41) is 4.81. The molecule has 0 atom stereocenters. The van der Waals surface area contributed by atoms with Crippen molar-refractivity contribution in [3.8, 4) is 11.5 Å². The second-order valence-electron chi connectivity index (χ2n) is 5.11. The predicted molar refractivity (Wildman–Crippen MR) is 96.6 cm³/mol. The summed E-state index contributed by atoms with van der Waals surface area (Å²) in [5.74, 6) is 0.532. The van der Waals surface area contributed by atoms with E-state index in [9.17, 15) is 4.79 Å². The number of halogens is 2. The van der Waals surface area contributed by atoms with E-state index in [-0.39, 0.29) is 5.57 Å². The Kier molecular flexibility index (Phi) is 4.97. The topological polar surface area (TPSA) is 57.1 Å². The lowest BCUT2D eigenvalue weighted by Crippen LogP contribution is -2.07. The van der Waals surface area contributed by atoms with Gasteiger partial charge >= 0.3 is 5.97 Å². The highest BCUT2D eigenvalue weighted by Crippen LogP contribution is 2.31. The average Bonchev–Trinajstić information content (AvgIpc) is 2.97. The van der Waals surface area contributed by atoms with Gasteiger partial charge in [0, 0.05) is 15.6 Å². The van der Waals surface area contributed by atoms with Crippen LogP contribution in [-0.2, 0) is 9.63 Å². The molecule has 0 spiro atoms. The zero-order valence-electron chi connectivity index (χ0n) is 13.4. The van der Waals surface area contributed by atoms with E-state index in [1.807, 2.05) is 0 Å². The Balaban J connectivity index is 2.04. The van der Waals surface area contributed by atoms with E-state index in [1.165, 1.54) is 7.11 Å². The molecule has 2 aromatic rings. The summed E-state index contributed by atoms with van der Waals surface area (Å²) in [4.78, 5) is 16.9. The van der Waals surface area contributed by atoms with Crippen LogP contribution in [0.3, 0.4) is 0 Å². The van der Waals surface area contributed by atoms with Crippen LogP contribution in [0.2, 0.25) is 10.0 Å². The maximum atomic E-state index is 12.1. The first-order chi connectivity index (χ1) is 12.0. The fourth-order valence-corrected chi connectivity index (χ4v) is 2.84. The molecule has 0 aromatic heterocycles. The van der Waals surface area contributed by atoms with Gasteiger partial charge in [0.1, 0.15) is 5.71 Å². The van der Waals surface area contributed by atoms with Gasteiger partial charge in [-0.15, -0.1) is 0 Å². The molecule has 2 aromatic carbocycles. The number of benzene rings is 2. The number of nitrogens with zero attached hydrogens (tertiary/aromatic N) is 1. The van der Waals surface area contributed by atoms with Gasteiger partial charge in [-0.2, -0.15) is 0 Å². The van der Waals surface area contributed by atoms with Crippen molar-refractivity contribution in [1.29, 1.82) is 0 Å². The van der Waals surface area contributed by atoms with E-state index >= 15 is 0 Å². The molecule has 0 saturated heterocycles. The van der Waals surface area contributed by atoms with Crippen LogP contribution in [-0.4, -0.2) is 25.9 Å². The minimum Gasteiger partial charge on any atom is -0.493 e. The first-order valence-corrected chi connectivity index (χ1v) is 7.98. The second kappa shape index (κ2) is 7.17. The van der Waals surface area contributed by atoms with E-state index in [4.69, 9.17) is 37.5 Å². The Morgan fingerprint density at radius 1 is 1.04 bits per heavy atom. The fourth-order valence-electron chi connectivity index (χ4n) is 2.38. The van der Waals surface area contributed by atoms with Crippen molar-refractivity contribution in [1.82, 2.24) is 0 Å². The zero-order valence-corrected chi connectivity index (χ0v) is 14.9. The predicted octanol–water partition coefficient (Wildman–Crippen LogP) is 4.36. The molecule has 25 heavy (non-hydrogen) atoms. The monoisotopic (exact) mass is 377 g/mol. The van der Waals surface area contributed by atoms with E-state index in [2.05, 4.69) is 5.16 Å². The van der Waals surface area contributed by atoms with Gasteiger partial charge in [0.15, 0.2) is 11.5 Å². The summed E-state index contributed by atoms with van der Waals surface area (Å²) in [6.07, 6.45) is 1.61. The number of rotatable bonds is 4. The third-order valence-electron chi connectivity index (χ3n) is 3.61. The highest BCUT2D eigenvalue weighted by Gasteiger charge is 2.27. The van der Waals surface area contributed by atoms with Gasteiger partial charge < -0.3 is 14.3 Å². The number of hydrogen-bond donors (Lipinski definition) is 0. The van der Waals surface area contributed by atoms with E-state index in [0.717, 1.165) is 0 Å². The van der Waals surface area contributed by atoms with E-state index < -0.39 is 5.97 Å². The van der Waals surface area contributed by atoms with Gasteiger partial charge in [0.2, 0.25) is 0 Å². The standard InChI is InChI=1S/C18H13Cl2NO4/c1-23-15-6-4-11(8-16(15)24-2)17-13(18(22)25-21-17)7-10-3-5-12(19)9-14(10)20/h3-9H,1-2H3/b13-7+. The molecule has 0 bridgehead atoms. The first kappa shape index (κ1) is 17.3. The van der Waals surface area contributed by atoms with E-state index in [1.54, 1.807) is 49.6 Å². The number of carbonyl (C=O) groups excluding carboxylic acids is 1. The highest BCUT2D eigenvalue weighted by atomic mass is 35.5. The lowest BCUT2D eigenvalue weighted by molar-refractivity contribution is -0.136. The summed E-state index contributed by atoms with van der Waals surface area (Å²) >= 11 is 12.1. The Bertz CT molecular complexity index is 906. The smallest absolute Gasteiger partial charge is 0.368 e. The quantitative estimate of drug-likeness (QED) is 0.586. The van der Waals surface area contributed by atoms with Gasteiger partial charge in [0.05, 0.1) is 19.8 Å². The minimum absolute atomic E-state index is 0.288. The molecule has 0 fully saturated rings. The van der Waals surface area contributed by atoms with Gasteiger partial charge in [-0.05, 0) is 42.0 Å². The molecule has 0 N–H and O–H groups in total. The molecule has 0 amide bonds. The summed E-state index contributed by atoms with van der Waals surface area (Å²) < 4.78 is 10.5. The van der Waals surface area contributed by atoms with Gasteiger partial charge in [-0.25, -0.2) is 4.79 Å². The number of oxime groups is 1. The summed E-state index contributed by atoms with van der Waals surface area (Å²) in [6.45, 7) is 0. The summed E-state index contributed by atoms with van der Waals surface area (Å²) in [5.41, 5.74) is 1.96. The molecule has 0 radical (unpaired) electrons. The van der Waals surface area contributed by atoms with Crippen molar-refractivity contribution in [3.05, 3.63) is 63.1 Å². The summed E-state index contributed by atoms with van der Waals surface area (Å²) in [6, 6.07) is 10.2. The Hall–Kier alpha value is -2.50. The first-order valence-electron chi connectivity index (χ1n) is 7.22. The normalized spacial score (nSPS) is 15.1. The van der Waals surface area contributed by atoms with Crippen LogP contribution in [0.4, 0.5) is 0 Å². The highest BCUT2D eigenvalue weighted by molar-refractivity contribution is 6.36. The van der Waals surface area contributed by atoms with Crippen LogP contribution >= 0.6 is 23.2 Å². The van der Waals surface area contributed by atoms with Crippen molar-refractivity contribution >= 4 is 41.0 Å². The fraction of sp³-hybridized carbons (Fsp3) is 0.111. The zero-order chi connectivity index (χ0) is 18.0. The molecule has 128 valence electrons. The molecular weight excluding hydrogens is 365 g/mol. The number of methoxy groups -OCH3 is 2. The van der Waals surface area contributed by atoms with Crippen LogP contribution in [0.25, 0.3) is 6.08 Å². The molecule has 0 unspecified atom stereocenters. The second-order valence-corrected chi connectivity index (χ2v) is 5.96. The minimum atomic E-state index is -0.559. The average molecular weight is 378 g/mol. The van der Waals surface area contributed by atoms with E-state index in [0.29, 0.717) is 38.4 Å². The van der Waals surface area contributed by atoms with Crippen molar-refractivity contribution in [2.75, 3.05) is 14.2 Å².